The Morgan fingerprint density at radius 3 is 3.06 bits per heavy atom. The molecule has 88 valence electrons. The van der Waals surface area contributed by atoms with Gasteiger partial charge in [-0.2, -0.15) is 0 Å². The summed E-state index contributed by atoms with van der Waals surface area (Å²) in [6, 6.07) is 3.70. The van der Waals surface area contributed by atoms with Crippen molar-refractivity contribution in [2.24, 2.45) is 5.92 Å². The van der Waals surface area contributed by atoms with E-state index in [1.165, 1.54) is 11.3 Å². The predicted molar refractivity (Wildman–Crippen MR) is 69.6 cm³/mol. The molecule has 1 fully saturated rings. The third-order valence-electron chi connectivity index (χ3n) is 2.85. The minimum Gasteiger partial charge on any atom is -0.323 e. The molecule has 0 bridgehead atoms. The van der Waals surface area contributed by atoms with Gasteiger partial charge in [0.1, 0.15) is 5.52 Å². The van der Waals surface area contributed by atoms with Crippen LogP contribution in [0.2, 0.25) is 5.02 Å². The van der Waals surface area contributed by atoms with Crippen molar-refractivity contribution in [3.05, 3.63) is 22.7 Å². The molecule has 0 radical (unpaired) electrons. The Morgan fingerprint density at radius 2 is 2.35 bits per heavy atom. The van der Waals surface area contributed by atoms with Gasteiger partial charge in [0.2, 0.25) is 5.91 Å². The number of nitrogens with one attached hydrogen (secondary N) is 2. The number of fused-ring (bicyclic) bond motifs is 1. The highest BCUT2D eigenvalue weighted by Gasteiger charge is 2.26. The van der Waals surface area contributed by atoms with Crippen molar-refractivity contribution < 1.29 is 4.79 Å². The van der Waals surface area contributed by atoms with Crippen LogP contribution in [-0.2, 0) is 4.79 Å². The van der Waals surface area contributed by atoms with Crippen LogP contribution in [0.4, 0.5) is 5.69 Å². The van der Waals surface area contributed by atoms with Crippen molar-refractivity contribution >= 4 is 44.7 Å². The number of hydrogen-bond donors (Lipinski definition) is 2. The van der Waals surface area contributed by atoms with Gasteiger partial charge in [0, 0.05) is 13.1 Å². The summed E-state index contributed by atoms with van der Waals surface area (Å²) in [6.07, 6.45) is 0. The topological polar surface area (TPSA) is 54.0 Å². The first-order valence-electron chi connectivity index (χ1n) is 5.29. The van der Waals surface area contributed by atoms with Crippen LogP contribution in [0.5, 0.6) is 0 Å². The SMILES string of the molecule is O=C(Nc1c(Cl)ccc2scnc12)C1CNC1. The van der Waals surface area contributed by atoms with E-state index in [1.807, 2.05) is 6.07 Å². The highest BCUT2D eigenvalue weighted by molar-refractivity contribution is 7.16. The molecule has 2 aromatic rings. The van der Waals surface area contributed by atoms with Gasteiger partial charge in [0.25, 0.3) is 0 Å². The lowest BCUT2D eigenvalue weighted by molar-refractivity contribution is -0.121. The molecular weight excluding hydrogens is 258 g/mol. The van der Waals surface area contributed by atoms with Crippen molar-refractivity contribution in [2.75, 3.05) is 18.4 Å². The fourth-order valence-electron chi connectivity index (χ4n) is 1.72. The monoisotopic (exact) mass is 267 g/mol. The maximum atomic E-state index is 11.9. The summed E-state index contributed by atoms with van der Waals surface area (Å²) < 4.78 is 1.02. The number of carbonyl (C=O) groups is 1. The molecular formula is C11H10ClN3OS. The Labute approximate surface area is 107 Å². The van der Waals surface area contributed by atoms with Crippen LogP contribution >= 0.6 is 22.9 Å². The summed E-state index contributed by atoms with van der Waals surface area (Å²) in [4.78, 5) is 16.1. The first kappa shape index (κ1) is 11.0. The van der Waals surface area contributed by atoms with Crippen LogP contribution in [-0.4, -0.2) is 24.0 Å². The minimum absolute atomic E-state index is 0.00569. The minimum atomic E-state index is 0.00569. The van der Waals surface area contributed by atoms with Crippen LogP contribution in [0.15, 0.2) is 17.6 Å². The van der Waals surface area contributed by atoms with Crippen LogP contribution in [0.3, 0.4) is 0 Å². The summed E-state index contributed by atoms with van der Waals surface area (Å²) in [6.45, 7) is 1.47. The normalized spacial score (nSPS) is 15.8. The van der Waals surface area contributed by atoms with Gasteiger partial charge in [-0.25, -0.2) is 4.98 Å². The van der Waals surface area contributed by atoms with Gasteiger partial charge in [-0.1, -0.05) is 11.6 Å². The molecule has 1 saturated heterocycles. The fourth-order valence-corrected chi connectivity index (χ4v) is 2.61. The molecule has 0 aliphatic carbocycles. The number of aromatic nitrogens is 1. The molecule has 0 saturated carbocycles. The molecule has 17 heavy (non-hydrogen) atoms. The summed E-state index contributed by atoms with van der Waals surface area (Å²) >= 11 is 7.64. The fraction of sp³-hybridized carbons (Fsp3) is 0.273. The maximum Gasteiger partial charge on any atom is 0.230 e. The van der Waals surface area contributed by atoms with E-state index >= 15 is 0 Å². The third kappa shape index (κ3) is 1.90. The van der Waals surface area contributed by atoms with Crippen LogP contribution in [0, 0.1) is 5.92 Å². The first-order valence-corrected chi connectivity index (χ1v) is 6.55. The van der Waals surface area contributed by atoms with Gasteiger partial charge in [-0.15, -0.1) is 11.3 Å². The smallest absolute Gasteiger partial charge is 0.230 e. The Balaban J connectivity index is 1.95. The zero-order chi connectivity index (χ0) is 11.8. The lowest BCUT2D eigenvalue weighted by atomic mass is 10.0. The van der Waals surface area contributed by atoms with E-state index in [-0.39, 0.29) is 11.8 Å². The number of rotatable bonds is 2. The summed E-state index contributed by atoms with van der Waals surface area (Å²) in [7, 11) is 0. The molecule has 1 aromatic heterocycles. The predicted octanol–water partition coefficient (Wildman–Crippen LogP) is 2.11. The maximum absolute atomic E-state index is 11.9. The van der Waals surface area contributed by atoms with Crippen LogP contribution in [0.25, 0.3) is 10.2 Å². The Kier molecular flexibility index (Phi) is 2.74. The van der Waals surface area contributed by atoms with Crippen molar-refractivity contribution in [1.29, 1.82) is 0 Å². The number of anilines is 1. The molecule has 0 spiro atoms. The lowest BCUT2D eigenvalue weighted by Crippen LogP contribution is -2.48. The molecule has 3 rings (SSSR count). The molecule has 1 amide bonds. The average molecular weight is 268 g/mol. The number of halogens is 1. The van der Waals surface area contributed by atoms with Gasteiger partial charge >= 0.3 is 0 Å². The zero-order valence-corrected chi connectivity index (χ0v) is 10.4. The summed E-state index contributed by atoms with van der Waals surface area (Å²) in [5.41, 5.74) is 3.15. The molecule has 4 nitrogen and oxygen atoms in total. The third-order valence-corrected chi connectivity index (χ3v) is 3.96. The number of amides is 1. The van der Waals surface area contributed by atoms with E-state index in [4.69, 9.17) is 11.6 Å². The highest BCUT2D eigenvalue weighted by Crippen LogP contribution is 2.32. The molecule has 1 aliphatic heterocycles. The van der Waals surface area contributed by atoms with Crippen molar-refractivity contribution in [2.45, 2.75) is 0 Å². The first-order chi connectivity index (χ1) is 8.25. The van der Waals surface area contributed by atoms with Crippen molar-refractivity contribution in [1.82, 2.24) is 10.3 Å². The summed E-state index contributed by atoms with van der Waals surface area (Å²) in [5, 5.41) is 6.47. The molecule has 6 heteroatoms. The zero-order valence-electron chi connectivity index (χ0n) is 8.87. The Bertz CT molecular complexity index is 579. The molecule has 1 aliphatic rings. The summed E-state index contributed by atoms with van der Waals surface area (Å²) in [5.74, 6) is 0.0473. The van der Waals surface area contributed by atoms with Gasteiger partial charge in [-0.05, 0) is 12.1 Å². The van der Waals surface area contributed by atoms with E-state index < -0.39 is 0 Å². The number of hydrogen-bond acceptors (Lipinski definition) is 4. The van der Waals surface area contributed by atoms with Crippen molar-refractivity contribution in [3.8, 4) is 0 Å². The number of thiazole rings is 1. The van der Waals surface area contributed by atoms with E-state index in [0.717, 1.165) is 23.3 Å². The molecule has 2 heterocycles. The van der Waals surface area contributed by atoms with E-state index in [9.17, 15) is 4.79 Å². The molecule has 2 N–H and O–H groups in total. The van der Waals surface area contributed by atoms with Gasteiger partial charge in [0.05, 0.1) is 26.8 Å². The average Bonchev–Trinajstić information content (AvgIpc) is 2.67. The van der Waals surface area contributed by atoms with Crippen LogP contribution < -0.4 is 10.6 Å². The highest BCUT2D eigenvalue weighted by atomic mass is 35.5. The molecule has 1 aromatic carbocycles. The largest absolute Gasteiger partial charge is 0.323 e. The quantitative estimate of drug-likeness (QED) is 0.876. The second-order valence-electron chi connectivity index (χ2n) is 3.97. The molecule has 0 unspecified atom stereocenters. The molecule has 0 atom stereocenters. The number of nitrogens with zero attached hydrogens (tertiary/aromatic N) is 1. The van der Waals surface area contributed by atoms with E-state index in [1.54, 1.807) is 11.6 Å². The Morgan fingerprint density at radius 1 is 1.53 bits per heavy atom. The van der Waals surface area contributed by atoms with E-state index in [2.05, 4.69) is 15.6 Å². The van der Waals surface area contributed by atoms with Gasteiger partial charge in [-0.3, -0.25) is 4.79 Å². The second-order valence-corrected chi connectivity index (χ2v) is 5.26. The van der Waals surface area contributed by atoms with Gasteiger partial charge in [0.15, 0.2) is 0 Å². The second kappa shape index (κ2) is 4.25. The number of benzene rings is 1. The standard InChI is InChI=1S/C11H10ClN3OS/c12-7-1-2-8-10(14-5-17-8)9(7)15-11(16)6-3-13-4-6/h1-2,5-6,13H,3-4H2,(H,15,16). The van der Waals surface area contributed by atoms with E-state index in [0.29, 0.717) is 10.7 Å². The van der Waals surface area contributed by atoms with Gasteiger partial charge < -0.3 is 10.6 Å². The lowest BCUT2D eigenvalue weighted by Gasteiger charge is -2.26. The van der Waals surface area contributed by atoms with Crippen LogP contribution in [0.1, 0.15) is 0 Å². The van der Waals surface area contributed by atoms with Crippen molar-refractivity contribution in [3.63, 3.8) is 0 Å². The number of carbonyl (C=O) groups excluding carboxylic acids is 1. The Hall–Kier alpha value is -1.17.